The van der Waals surface area contributed by atoms with Crippen molar-refractivity contribution < 1.29 is 0 Å². The summed E-state index contributed by atoms with van der Waals surface area (Å²) in [5.74, 6) is 2.39. The van der Waals surface area contributed by atoms with Crippen molar-refractivity contribution in [3.63, 3.8) is 0 Å². The molecular formula is C41H50N10S. The van der Waals surface area contributed by atoms with E-state index in [0.29, 0.717) is 17.9 Å². The highest BCUT2D eigenvalue weighted by atomic mass is 32.1. The van der Waals surface area contributed by atoms with Gasteiger partial charge in [-0.1, -0.05) is 51.0 Å². The van der Waals surface area contributed by atoms with Crippen molar-refractivity contribution in [3.05, 3.63) is 107 Å². The summed E-state index contributed by atoms with van der Waals surface area (Å²) in [6.45, 7) is 0. The molecule has 11 heteroatoms. The Bertz CT molecular complexity index is 1880. The number of thiazole rings is 1. The second-order valence-electron chi connectivity index (χ2n) is 16.0. The number of nitrogens with one attached hydrogen (secondary N) is 2. The van der Waals surface area contributed by atoms with Gasteiger partial charge in [-0.05, 0) is 87.5 Å². The third-order valence-electron chi connectivity index (χ3n) is 13.6. The van der Waals surface area contributed by atoms with E-state index in [1.54, 1.807) is 11.3 Å². The molecule has 5 aromatic heterocycles. The molecule has 0 bridgehead atoms. The summed E-state index contributed by atoms with van der Waals surface area (Å²) in [4.78, 5) is 37.0. The van der Waals surface area contributed by atoms with Crippen LogP contribution in [0.3, 0.4) is 0 Å². The summed E-state index contributed by atoms with van der Waals surface area (Å²) in [7, 11) is 0. The summed E-state index contributed by atoms with van der Waals surface area (Å²) in [6.07, 6.45) is 31.6. The van der Waals surface area contributed by atoms with Crippen LogP contribution in [-0.2, 0) is 16.6 Å². The molecule has 1 aliphatic heterocycles. The molecule has 4 saturated carbocycles. The van der Waals surface area contributed by atoms with E-state index in [1.807, 2.05) is 49.4 Å². The summed E-state index contributed by atoms with van der Waals surface area (Å²) in [6, 6.07) is 11.3. The average molecular weight is 715 g/mol. The van der Waals surface area contributed by atoms with E-state index < -0.39 is 16.6 Å². The van der Waals surface area contributed by atoms with E-state index in [0.717, 1.165) is 60.9 Å². The molecule has 0 amide bonds. The van der Waals surface area contributed by atoms with Crippen LogP contribution in [0.25, 0.3) is 0 Å². The molecule has 4 atom stereocenters. The average Bonchev–Trinajstić information content (AvgIpc) is 3.59. The maximum absolute atomic E-state index is 5.45. The van der Waals surface area contributed by atoms with Gasteiger partial charge in [0.25, 0.3) is 0 Å². The fraction of sp³-hybridized carbons (Fsp3) is 0.561. The Hall–Kier alpha value is -3.80. The number of imidazole rings is 1. The maximum atomic E-state index is 5.45. The van der Waals surface area contributed by atoms with Gasteiger partial charge in [-0.15, -0.1) is 11.3 Å². The molecule has 270 valence electrons. The number of H-pyrrole nitrogens is 2. The predicted molar refractivity (Wildman–Crippen MR) is 200 cm³/mol. The first-order chi connectivity index (χ1) is 25.8. The van der Waals surface area contributed by atoms with E-state index in [4.69, 9.17) is 30.0 Å². The van der Waals surface area contributed by atoms with E-state index in [9.17, 15) is 0 Å². The van der Waals surface area contributed by atoms with Crippen molar-refractivity contribution in [1.82, 2.24) is 49.9 Å². The van der Waals surface area contributed by atoms with Crippen molar-refractivity contribution in [2.75, 3.05) is 0 Å². The number of nitrogens with zero attached hydrogens (tertiary/aromatic N) is 8. The van der Waals surface area contributed by atoms with Gasteiger partial charge in [0.1, 0.15) is 16.5 Å². The minimum atomic E-state index is -0.924. The Morgan fingerprint density at radius 2 is 1.42 bits per heavy atom. The summed E-state index contributed by atoms with van der Waals surface area (Å²) in [5, 5.41) is 11.8. The van der Waals surface area contributed by atoms with Gasteiger partial charge in [-0.2, -0.15) is 5.10 Å². The first-order valence-corrected chi connectivity index (χ1v) is 20.9. The zero-order valence-electron chi connectivity index (χ0n) is 30.0. The van der Waals surface area contributed by atoms with Crippen LogP contribution in [-0.4, -0.2) is 62.0 Å². The molecule has 4 unspecified atom stereocenters. The Morgan fingerprint density at radius 3 is 2.02 bits per heavy atom. The zero-order valence-corrected chi connectivity index (χ0v) is 30.8. The molecule has 52 heavy (non-hydrogen) atoms. The van der Waals surface area contributed by atoms with E-state index in [1.165, 1.54) is 63.5 Å². The van der Waals surface area contributed by atoms with E-state index in [-0.39, 0.29) is 12.1 Å². The Balaban J connectivity index is 1.45. The number of rotatable bonds is 9. The van der Waals surface area contributed by atoms with Gasteiger partial charge in [-0.25, -0.2) is 19.9 Å². The molecule has 1 saturated heterocycles. The van der Waals surface area contributed by atoms with Crippen LogP contribution in [0, 0.1) is 11.8 Å². The highest BCUT2D eigenvalue weighted by molar-refractivity contribution is 7.09. The SMILES string of the molecule is c1ccc(C2N(C3CCCCC3)C(c3ccn[nH]3)(C3CCC3)N(C3CCCCC3)C(c3ncccn3)(c3ncc[nH]3)C2(c2nccs2)C2CC2)nc1. The van der Waals surface area contributed by atoms with Gasteiger partial charge >= 0.3 is 0 Å². The standard InChI is InChI=1S/C41H50N10S/c1-3-13-31(14-4-1)50-35(33-17-7-8-21-42-33)39(29-18-19-29,38-47-27-28-52-38)40(37-45-25-26-46-37,36-43-22-10-23-44-36)51(32-15-5-2-6-16-32)41(50,30-11-9-12-30)34-20-24-48-49-34/h7-8,10,17,20-32,35H,1-6,9,11-16,18-19H2,(H,45,46)(H,48,49). The highest BCUT2D eigenvalue weighted by Crippen LogP contribution is 2.75. The van der Waals surface area contributed by atoms with Crippen LogP contribution < -0.4 is 0 Å². The van der Waals surface area contributed by atoms with Crippen LogP contribution in [0.4, 0.5) is 0 Å². The minimum absolute atomic E-state index is 0.145. The monoisotopic (exact) mass is 714 g/mol. The number of pyridine rings is 1. The van der Waals surface area contributed by atoms with Gasteiger partial charge in [0.2, 0.25) is 0 Å². The van der Waals surface area contributed by atoms with Crippen LogP contribution >= 0.6 is 11.3 Å². The first kappa shape index (κ1) is 32.8. The Morgan fingerprint density at radius 1 is 0.654 bits per heavy atom. The number of aromatic nitrogens is 8. The molecule has 2 N–H and O–H groups in total. The van der Waals surface area contributed by atoms with Crippen LogP contribution in [0.15, 0.2) is 79.1 Å². The molecule has 5 aromatic rings. The lowest BCUT2D eigenvalue weighted by atomic mass is 9.52. The van der Waals surface area contributed by atoms with Crippen LogP contribution in [0.5, 0.6) is 0 Å². The molecule has 4 aliphatic carbocycles. The normalized spacial score (nSPS) is 31.4. The molecule has 0 spiro atoms. The molecule has 10 nitrogen and oxygen atoms in total. The molecule has 5 fully saturated rings. The van der Waals surface area contributed by atoms with Gasteiger partial charge < -0.3 is 4.98 Å². The maximum Gasteiger partial charge on any atom is 0.157 e. The molecule has 10 rings (SSSR count). The highest BCUT2D eigenvalue weighted by Gasteiger charge is 2.81. The quantitative estimate of drug-likeness (QED) is 0.158. The van der Waals surface area contributed by atoms with Crippen molar-refractivity contribution >= 4 is 11.3 Å². The van der Waals surface area contributed by atoms with Crippen molar-refractivity contribution in [2.45, 2.75) is 131 Å². The lowest BCUT2D eigenvalue weighted by molar-refractivity contribution is -0.297. The second kappa shape index (κ2) is 13.2. The Labute approximate surface area is 310 Å². The van der Waals surface area contributed by atoms with Gasteiger partial charge in [0.15, 0.2) is 11.4 Å². The summed E-state index contributed by atoms with van der Waals surface area (Å²) in [5.41, 5.74) is 0.171. The van der Waals surface area contributed by atoms with Gasteiger partial charge in [0.05, 0.1) is 22.8 Å². The lowest BCUT2D eigenvalue weighted by Crippen LogP contribution is -2.84. The number of hydrogen-bond acceptors (Lipinski definition) is 9. The van der Waals surface area contributed by atoms with Gasteiger partial charge in [-0.3, -0.25) is 19.9 Å². The summed E-state index contributed by atoms with van der Waals surface area (Å²) < 4.78 is 0. The van der Waals surface area contributed by atoms with E-state index in [2.05, 4.69) is 49.5 Å². The minimum Gasteiger partial charge on any atom is -0.347 e. The van der Waals surface area contributed by atoms with E-state index >= 15 is 0 Å². The molecule has 5 aliphatic rings. The zero-order chi connectivity index (χ0) is 34.6. The van der Waals surface area contributed by atoms with Crippen molar-refractivity contribution in [1.29, 1.82) is 0 Å². The fourth-order valence-electron chi connectivity index (χ4n) is 11.6. The van der Waals surface area contributed by atoms with Crippen molar-refractivity contribution in [2.24, 2.45) is 11.8 Å². The molecular weight excluding hydrogens is 665 g/mol. The smallest absolute Gasteiger partial charge is 0.157 e. The lowest BCUT2D eigenvalue weighted by Gasteiger charge is -2.75. The largest absolute Gasteiger partial charge is 0.347 e. The molecule has 0 aromatic carbocycles. The van der Waals surface area contributed by atoms with Crippen LogP contribution in [0.2, 0.25) is 0 Å². The third kappa shape index (κ3) is 4.60. The van der Waals surface area contributed by atoms with Gasteiger partial charge in [0, 0.05) is 60.8 Å². The topological polar surface area (TPSA) is 115 Å². The Kier molecular flexibility index (Phi) is 8.36. The predicted octanol–water partition coefficient (Wildman–Crippen LogP) is 8.04. The third-order valence-corrected chi connectivity index (χ3v) is 14.5. The fourth-order valence-corrected chi connectivity index (χ4v) is 12.6. The number of hydrogen-bond donors (Lipinski definition) is 2. The molecule has 6 heterocycles. The molecule has 0 radical (unpaired) electrons. The first-order valence-electron chi connectivity index (χ1n) is 20.0. The second-order valence-corrected chi connectivity index (χ2v) is 16.9. The van der Waals surface area contributed by atoms with Crippen molar-refractivity contribution in [3.8, 4) is 0 Å². The summed E-state index contributed by atoms with van der Waals surface area (Å²) >= 11 is 1.80. The van der Waals surface area contributed by atoms with Crippen LogP contribution in [0.1, 0.15) is 130 Å². The number of aromatic amines is 2.